The minimum atomic E-state index is 0.518. The first-order valence-electron chi connectivity index (χ1n) is 16.1. The molecule has 0 radical (unpaired) electrons. The van der Waals surface area contributed by atoms with Gasteiger partial charge >= 0.3 is 0 Å². The molecule has 0 unspecified atom stereocenters. The van der Waals surface area contributed by atoms with Crippen molar-refractivity contribution in [3.05, 3.63) is 140 Å². The highest BCUT2D eigenvalue weighted by Crippen LogP contribution is 2.39. The Morgan fingerprint density at radius 2 is 1.27 bits per heavy atom. The van der Waals surface area contributed by atoms with Gasteiger partial charge in [0.15, 0.2) is 17.2 Å². The molecule has 0 fully saturated rings. The maximum absolute atomic E-state index is 6.47. The fourth-order valence-corrected chi connectivity index (χ4v) is 7.33. The minimum Gasteiger partial charge on any atom is -0.455 e. The second kappa shape index (κ2) is 9.82. The van der Waals surface area contributed by atoms with Crippen molar-refractivity contribution in [2.75, 3.05) is 0 Å². The molecule has 49 heavy (non-hydrogen) atoms. The van der Waals surface area contributed by atoms with Crippen LogP contribution in [0.4, 0.5) is 0 Å². The molecule has 228 valence electrons. The Morgan fingerprint density at radius 1 is 0.490 bits per heavy atom. The Kier molecular flexibility index (Phi) is 5.26. The fraction of sp³-hybridized carbons (Fsp3) is 0. The Balaban J connectivity index is 1.24. The van der Waals surface area contributed by atoms with Crippen LogP contribution in [-0.2, 0) is 0 Å². The van der Waals surface area contributed by atoms with Crippen molar-refractivity contribution < 1.29 is 8.83 Å². The van der Waals surface area contributed by atoms with Crippen molar-refractivity contribution >= 4 is 76.6 Å². The number of fused-ring (bicyclic) bond motifs is 11. The van der Waals surface area contributed by atoms with Gasteiger partial charge in [0.25, 0.3) is 0 Å². The van der Waals surface area contributed by atoms with E-state index >= 15 is 0 Å². The zero-order valence-electron chi connectivity index (χ0n) is 25.8. The summed E-state index contributed by atoms with van der Waals surface area (Å²) >= 11 is 0. The van der Waals surface area contributed by atoms with Crippen molar-refractivity contribution in [3.63, 3.8) is 0 Å². The average molecular weight is 630 g/mol. The van der Waals surface area contributed by atoms with Gasteiger partial charge in [0.1, 0.15) is 22.3 Å². The summed E-state index contributed by atoms with van der Waals surface area (Å²) in [6, 6.07) is 45.3. The first-order chi connectivity index (χ1) is 24.3. The van der Waals surface area contributed by atoms with Crippen molar-refractivity contribution in [2.45, 2.75) is 0 Å². The lowest BCUT2D eigenvalue weighted by Crippen LogP contribution is -2.06. The molecular formula is C42H23N5O2. The maximum atomic E-state index is 6.47. The summed E-state index contributed by atoms with van der Waals surface area (Å²) in [4.78, 5) is 20.2. The van der Waals surface area contributed by atoms with Crippen LogP contribution in [0, 0.1) is 0 Å². The number of furan rings is 2. The van der Waals surface area contributed by atoms with Crippen molar-refractivity contribution in [1.82, 2.24) is 24.5 Å². The minimum absolute atomic E-state index is 0.518. The van der Waals surface area contributed by atoms with E-state index in [1.165, 1.54) is 10.8 Å². The number of hydrogen-bond donors (Lipinski definition) is 0. The quantitative estimate of drug-likeness (QED) is 0.193. The molecule has 7 nitrogen and oxygen atoms in total. The second-order valence-electron chi connectivity index (χ2n) is 12.3. The number of hydrogen-bond acceptors (Lipinski definition) is 6. The van der Waals surface area contributed by atoms with Crippen molar-refractivity contribution in [3.8, 4) is 28.7 Å². The molecule has 0 amide bonds. The molecule has 0 N–H and O–H groups in total. The Labute approximate surface area is 277 Å². The molecule has 7 heteroatoms. The fourth-order valence-electron chi connectivity index (χ4n) is 7.33. The van der Waals surface area contributed by atoms with Crippen LogP contribution in [0.1, 0.15) is 0 Å². The third-order valence-electron chi connectivity index (χ3n) is 9.51. The monoisotopic (exact) mass is 629 g/mol. The highest BCUT2D eigenvalue weighted by molar-refractivity contribution is 6.21. The predicted molar refractivity (Wildman–Crippen MR) is 195 cm³/mol. The smallest absolute Gasteiger partial charge is 0.238 e. The summed E-state index contributed by atoms with van der Waals surface area (Å²) in [7, 11) is 0. The zero-order chi connectivity index (χ0) is 32.1. The third-order valence-corrected chi connectivity index (χ3v) is 9.51. The number of para-hydroxylation sites is 3. The lowest BCUT2D eigenvalue weighted by atomic mass is 10.0. The summed E-state index contributed by atoms with van der Waals surface area (Å²) in [6.45, 7) is 0. The predicted octanol–water partition coefficient (Wildman–Crippen LogP) is 10.6. The summed E-state index contributed by atoms with van der Waals surface area (Å²) < 4.78 is 14.7. The number of benzene rings is 6. The summed E-state index contributed by atoms with van der Waals surface area (Å²) in [5.41, 5.74) is 7.50. The van der Waals surface area contributed by atoms with Crippen LogP contribution in [0.15, 0.2) is 148 Å². The molecule has 0 saturated carbocycles. The van der Waals surface area contributed by atoms with Gasteiger partial charge in [0.2, 0.25) is 5.95 Å². The van der Waals surface area contributed by atoms with Gasteiger partial charge in [-0.2, -0.15) is 9.97 Å². The van der Waals surface area contributed by atoms with E-state index in [2.05, 4.69) is 88.4 Å². The molecule has 0 aliphatic heterocycles. The van der Waals surface area contributed by atoms with E-state index in [4.69, 9.17) is 23.8 Å². The largest absolute Gasteiger partial charge is 0.455 e. The normalized spacial score (nSPS) is 12.1. The highest BCUT2D eigenvalue weighted by atomic mass is 16.3. The Hall–Kier alpha value is -6.86. The van der Waals surface area contributed by atoms with Crippen LogP contribution in [-0.4, -0.2) is 24.5 Å². The Morgan fingerprint density at radius 3 is 2.22 bits per heavy atom. The number of pyridine rings is 1. The summed E-state index contributed by atoms with van der Waals surface area (Å²) in [5, 5.41) is 7.62. The molecule has 0 saturated heterocycles. The first kappa shape index (κ1) is 26.2. The highest BCUT2D eigenvalue weighted by Gasteiger charge is 2.21. The van der Waals surface area contributed by atoms with E-state index in [9.17, 15) is 0 Å². The molecule has 0 aliphatic carbocycles. The SMILES string of the molecule is c1ccc2c(c1)ccc1c2c2ccccc2n1-c1nc(-c2ccc3oc4cccnc4c3c2)nc(-c2cccc3c2oc2ccccc23)n1. The topological polar surface area (TPSA) is 82.8 Å². The van der Waals surface area contributed by atoms with Crippen molar-refractivity contribution in [1.29, 1.82) is 0 Å². The van der Waals surface area contributed by atoms with E-state index < -0.39 is 0 Å². The first-order valence-corrected chi connectivity index (χ1v) is 16.1. The van der Waals surface area contributed by atoms with Gasteiger partial charge in [0.05, 0.1) is 16.6 Å². The van der Waals surface area contributed by atoms with Crippen LogP contribution in [0.25, 0.3) is 105 Å². The van der Waals surface area contributed by atoms with E-state index in [1.807, 2.05) is 54.6 Å². The van der Waals surface area contributed by atoms with Crippen LogP contribution in [0.3, 0.4) is 0 Å². The Bertz CT molecular complexity index is 3130. The van der Waals surface area contributed by atoms with Crippen LogP contribution in [0.5, 0.6) is 0 Å². The van der Waals surface area contributed by atoms with E-state index in [-0.39, 0.29) is 0 Å². The van der Waals surface area contributed by atoms with E-state index in [0.29, 0.717) is 17.6 Å². The maximum Gasteiger partial charge on any atom is 0.238 e. The summed E-state index contributed by atoms with van der Waals surface area (Å²) in [5.74, 6) is 1.57. The molecule has 6 aromatic carbocycles. The zero-order valence-corrected chi connectivity index (χ0v) is 25.8. The molecular weight excluding hydrogens is 606 g/mol. The van der Waals surface area contributed by atoms with E-state index in [0.717, 1.165) is 76.9 Å². The van der Waals surface area contributed by atoms with Gasteiger partial charge in [0, 0.05) is 38.7 Å². The number of rotatable bonds is 3. The lowest BCUT2D eigenvalue weighted by Gasteiger charge is -2.11. The standard InChI is InChI=1S/C42H23N5O2/c1-2-10-26-24(9-1)18-20-33-37(26)29-12-3-5-15-32(29)47(33)42-45-40(25-19-21-35-31(23-25)38-36(48-35)17-8-22-43-38)44-41(46-42)30-14-7-13-28-27-11-4-6-16-34(27)49-39(28)30/h1-23H. The third kappa shape index (κ3) is 3.78. The van der Waals surface area contributed by atoms with Gasteiger partial charge in [-0.25, -0.2) is 4.98 Å². The number of nitrogens with zero attached hydrogens (tertiary/aromatic N) is 5. The van der Waals surface area contributed by atoms with Crippen LogP contribution in [0.2, 0.25) is 0 Å². The second-order valence-corrected chi connectivity index (χ2v) is 12.3. The summed E-state index contributed by atoms with van der Waals surface area (Å²) in [6.07, 6.45) is 1.78. The van der Waals surface area contributed by atoms with Gasteiger partial charge in [-0.15, -0.1) is 0 Å². The molecule has 0 aliphatic rings. The molecule has 5 heterocycles. The van der Waals surface area contributed by atoms with Crippen LogP contribution >= 0.6 is 0 Å². The molecule has 0 atom stereocenters. The average Bonchev–Trinajstić information content (AvgIpc) is 3.84. The van der Waals surface area contributed by atoms with Crippen molar-refractivity contribution in [2.24, 2.45) is 0 Å². The molecule has 11 aromatic rings. The van der Waals surface area contributed by atoms with Gasteiger partial charge in [-0.1, -0.05) is 78.9 Å². The van der Waals surface area contributed by atoms with Crippen LogP contribution < -0.4 is 0 Å². The van der Waals surface area contributed by atoms with Gasteiger partial charge < -0.3 is 8.83 Å². The molecule has 11 rings (SSSR count). The lowest BCUT2D eigenvalue weighted by molar-refractivity contribution is 0.668. The molecule has 0 bridgehead atoms. The van der Waals surface area contributed by atoms with Gasteiger partial charge in [-0.3, -0.25) is 9.55 Å². The van der Waals surface area contributed by atoms with E-state index in [1.54, 1.807) is 6.20 Å². The molecule has 5 aromatic heterocycles. The van der Waals surface area contributed by atoms with Gasteiger partial charge in [-0.05, 0) is 65.4 Å². The number of aromatic nitrogens is 5. The molecule has 0 spiro atoms.